The van der Waals surface area contributed by atoms with Crippen molar-refractivity contribution >= 4 is 11.9 Å². The molecule has 1 aromatic rings. The number of aliphatic carboxylic acids is 1. The maximum atomic E-state index is 12.2. The molecule has 0 unspecified atom stereocenters. The number of hydrogen-bond donors (Lipinski definition) is 2. The van der Waals surface area contributed by atoms with Crippen molar-refractivity contribution in [3.8, 4) is 11.5 Å². The molecule has 6 nitrogen and oxygen atoms in total. The Hall–Kier alpha value is -2.24. The first kappa shape index (κ1) is 17.1. The lowest BCUT2D eigenvalue weighted by atomic mass is 10.0. The standard InChI is InChI=1S/C17H23NO5/c1-3-23-15-8-11(4-7-14(15)22-2)10-18-16(19)12-5-6-13(9-12)17(20)21/h4,7-8,12-13H,3,5-6,9-10H2,1-2H3,(H,18,19)(H,20,21)/t12-,13+/m1/s1. The van der Waals surface area contributed by atoms with Crippen LogP contribution in [-0.2, 0) is 16.1 Å². The number of amides is 1. The third-order valence-electron chi connectivity index (χ3n) is 4.15. The second-order valence-corrected chi connectivity index (χ2v) is 5.68. The van der Waals surface area contributed by atoms with E-state index < -0.39 is 11.9 Å². The lowest BCUT2D eigenvalue weighted by Gasteiger charge is -2.13. The quantitative estimate of drug-likeness (QED) is 0.804. The van der Waals surface area contributed by atoms with E-state index in [9.17, 15) is 9.59 Å². The molecule has 1 aliphatic rings. The number of nitrogens with one attached hydrogen (secondary N) is 1. The van der Waals surface area contributed by atoms with E-state index >= 15 is 0 Å². The molecule has 0 saturated heterocycles. The molecule has 1 saturated carbocycles. The SMILES string of the molecule is CCOc1cc(CNC(=O)[C@@H]2CC[C@H](C(=O)O)C2)ccc1OC. The topological polar surface area (TPSA) is 84.9 Å². The van der Waals surface area contributed by atoms with E-state index in [2.05, 4.69) is 5.32 Å². The molecule has 0 aromatic heterocycles. The number of rotatable bonds is 7. The Balaban J connectivity index is 1.91. The van der Waals surface area contributed by atoms with Crippen LogP contribution in [0.2, 0.25) is 0 Å². The number of carbonyl (C=O) groups excluding carboxylic acids is 1. The van der Waals surface area contributed by atoms with E-state index in [0.717, 1.165) is 5.56 Å². The molecule has 1 aliphatic carbocycles. The first-order valence-electron chi connectivity index (χ1n) is 7.85. The zero-order valence-electron chi connectivity index (χ0n) is 13.5. The molecule has 1 aromatic carbocycles. The molecule has 0 spiro atoms. The third-order valence-corrected chi connectivity index (χ3v) is 4.15. The zero-order chi connectivity index (χ0) is 16.8. The molecule has 23 heavy (non-hydrogen) atoms. The fourth-order valence-electron chi connectivity index (χ4n) is 2.88. The van der Waals surface area contributed by atoms with E-state index in [1.54, 1.807) is 7.11 Å². The first-order chi connectivity index (χ1) is 11.0. The second-order valence-electron chi connectivity index (χ2n) is 5.68. The molecule has 1 fully saturated rings. The predicted octanol–water partition coefficient (Wildman–Crippen LogP) is 2.21. The van der Waals surface area contributed by atoms with Gasteiger partial charge in [0.2, 0.25) is 5.91 Å². The molecule has 1 amide bonds. The minimum absolute atomic E-state index is 0.0810. The number of carboxylic acids is 1. The summed E-state index contributed by atoms with van der Waals surface area (Å²) in [6.45, 7) is 2.81. The highest BCUT2D eigenvalue weighted by Gasteiger charge is 2.33. The minimum atomic E-state index is -0.809. The van der Waals surface area contributed by atoms with Crippen molar-refractivity contribution in [1.29, 1.82) is 0 Å². The number of methoxy groups -OCH3 is 1. The van der Waals surface area contributed by atoms with Gasteiger partial charge in [0.05, 0.1) is 19.6 Å². The summed E-state index contributed by atoms with van der Waals surface area (Å²) in [7, 11) is 1.58. The summed E-state index contributed by atoms with van der Waals surface area (Å²) in [5.41, 5.74) is 0.912. The lowest BCUT2D eigenvalue weighted by Crippen LogP contribution is -2.29. The van der Waals surface area contributed by atoms with Gasteiger partial charge in [0, 0.05) is 12.5 Å². The number of carbonyl (C=O) groups is 2. The van der Waals surface area contributed by atoms with E-state index in [1.165, 1.54) is 0 Å². The first-order valence-corrected chi connectivity index (χ1v) is 7.85. The van der Waals surface area contributed by atoms with Crippen molar-refractivity contribution in [1.82, 2.24) is 5.32 Å². The smallest absolute Gasteiger partial charge is 0.306 e. The van der Waals surface area contributed by atoms with Crippen molar-refractivity contribution in [2.75, 3.05) is 13.7 Å². The average Bonchev–Trinajstić information content (AvgIpc) is 3.03. The highest BCUT2D eigenvalue weighted by Crippen LogP contribution is 2.31. The Morgan fingerprint density at radius 2 is 2.00 bits per heavy atom. The van der Waals surface area contributed by atoms with Gasteiger partial charge in [-0.25, -0.2) is 0 Å². The summed E-state index contributed by atoms with van der Waals surface area (Å²) in [6, 6.07) is 5.52. The average molecular weight is 321 g/mol. The molecule has 0 bridgehead atoms. The summed E-state index contributed by atoms with van der Waals surface area (Å²) in [5, 5.41) is 11.9. The summed E-state index contributed by atoms with van der Waals surface area (Å²) in [4.78, 5) is 23.1. The molecular weight excluding hydrogens is 298 g/mol. The fourth-order valence-corrected chi connectivity index (χ4v) is 2.88. The van der Waals surface area contributed by atoms with Crippen LogP contribution in [0.1, 0.15) is 31.7 Å². The van der Waals surface area contributed by atoms with E-state index in [1.807, 2.05) is 25.1 Å². The van der Waals surface area contributed by atoms with Gasteiger partial charge in [-0.3, -0.25) is 9.59 Å². The van der Waals surface area contributed by atoms with E-state index in [-0.39, 0.29) is 11.8 Å². The Labute approximate surface area is 135 Å². The summed E-state index contributed by atoms with van der Waals surface area (Å²) >= 11 is 0. The van der Waals surface area contributed by atoms with Crippen LogP contribution in [0.15, 0.2) is 18.2 Å². The van der Waals surface area contributed by atoms with Crippen LogP contribution in [0.4, 0.5) is 0 Å². The molecular formula is C17H23NO5. The Morgan fingerprint density at radius 1 is 1.26 bits per heavy atom. The molecule has 2 N–H and O–H groups in total. The van der Waals surface area contributed by atoms with Crippen molar-refractivity contribution in [3.63, 3.8) is 0 Å². The van der Waals surface area contributed by atoms with Gasteiger partial charge in [0.15, 0.2) is 11.5 Å². The van der Waals surface area contributed by atoms with Crippen LogP contribution >= 0.6 is 0 Å². The van der Waals surface area contributed by atoms with Gasteiger partial charge in [-0.15, -0.1) is 0 Å². The van der Waals surface area contributed by atoms with E-state index in [0.29, 0.717) is 43.9 Å². The number of carboxylic acid groups (broad SMARTS) is 1. The second kappa shape index (κ2) is 7.85. The van der Waals surface area contributed by atoms with Crippen LogP contribution in [-0.4, -0.2) is 30.7 Å². The van der Waals surface area contributed by atoms with Gasteiger partial charge >= 0.3 is 5.97 Å². The molecule has 0 radical (unpaired) electrons. The van der Waals surface area contributed by atoms with Crippen molar-refractivity contribution in [3.05, 3.63) is 23.8 Å². The molecule has 0 aliphatic heterocycles. The van der Waals surface area contributed by atoms with Crippen LogP contribution in [0.25, 0.3) is 0 Å². The van der Waals surface area contributed by atoms with Crippen LogP contribution < -0.4 is 14.8 Å². The molecule has 0 heterocycles. The van der Waals surface area contributed by atoms with Crippen molar-refractivity contribution in [2.45, 2.75) is 32.7 Å². The Kier molecular flexibility index (Phi) is 5.84. The van der Waals surface area contributed by atoms with Gasteiger partial charge in [-0.1, -0.05) is 6.07 Å². The van der Waals surface area contributed by atoms with Crippen LogP contribution in [0.5, 0.6) is 11.5 Å². The highest BCUT2D eigenvalue weighted by atomic mass is 16.5. The van der Waals surface area contributed by atoms with Crippen molar-refractivity contribution in [2.24, 2.45) is 11.8 Å². The fraction of sp³-hybridized carbons (Fsp3) is 0.529. The normalized spacial score (nSPS) is 20.1. The Morgan fingerprint density at radius 3 is 2.61 bits per heavy atom. The lowest BCUT2D eigenvalue weighted by molar-refractivity contribution is -0.141. The maximum Gasteiger partial charge on any atom is 0.306 e. The van der Waals surface area contributed by atoms with E-state index in [4.69, 9.17) is 14.6 Å². The van der Waals surface area contributed by atoms with Crippen LogP contribution in [0.3, 0.4) is 0 Å². The molecule has 2 atom stereocenters. The molecule has 6 heteroatoms. The third kappa shape index (κ3) is 4.37. The summed E-state index contributed by atoms with van der Waals surface area (Å²) in [6.07, 6.45) is 1.63. The highest BCUT2D eigenvalue weighted by molar-refractivity contribution is 5.80. The summed E-state index contributed by atoms with van der Waals surface area (Å²) in [5.74, 6) is -0.188. The van der Waals surface area contributed by atoms with Gasteiger partial charge in [0.25, 0.3) is 0 Å². The molecule has 2 rings (SSSR count). The van der Waals surface area contributed by atoms with Gasteiger partial charge in [0.1, 0.15) is 0 Å². The monoisotopic (exact) mass is 321 g/mol. The summed E-state index contributed by atoms with van der Waals surface area (Å²) < 4.78 is 10.7. The Bertz CT molecular complexity index is 572. The largest absolute Gasteiger partial charge is 0.493 e. The number of hydrogen-bond acceptors (Lipinski definition) is 4. The van der Waals surface area contributed by atoms with Gasteiger partial charge < -0.3 is 19.9 Å². The number of benzene rings is 1. The number of ether oxygens (including phenoxy) is 2. The minimum Gasteiger partial charge on any atom is -0.493 e. The van der Waals surface area contributed by atoms with Gasteiger partial charge in [-0.2, -0.15) is 0 Å². The zero-order valence-corrected chi connectivity index (χ0v) is 13.5. The van der Waals surface area contributed by atoms with Crippen LogP contribution in [0, 0.1) is 11.8 Å². The molecule has 126 valence electrons. The van der Waals surface area contributed by atoms with Gasteiger partial charge in [-0.05, 0) is 43.9 Å². The van der Waals surface area contributed by atoms with Crippen molar-refractivity contribution < 1.29 is 24.2 Å². The maximum absolute atomic E-state index is 12.2. The predicted molar refractivity (Wildman–Crippen MR) is 84.5 cm³/mol.